The van der Waals surface area contributed by atoms with Crippen molar-refractivity contribution in [2.45, 2.75) is 47.1 Å². The monoisotopic (exact) mass is 293 g/mol. The molecule has 3 N–H and O–H groups in total. The highest BCUT2D eigenvalue weighted by atomic mass is 16.3. The number of aliphatic hydroxyl groups is 1. The first kappa shape index (κ1) is 17.5. The second-order valence-electron chi connectivity index (χ2n) is 6.75. The number of phenolic OH excluding ortho intramolecular Hbond substituents is 1. The lowest BCUT2D eigenvalue weighted by molar-refractivity contribution is -0.121. The number of carbonyl (C=O) groups is 1. The van der Waals surface area contributed by atoms with Crippen molar-refractivity contribution in [1.82, 2.24) is 5.32 Å². The van der Waals surface area contributed by atoms with Crippen LogP contribution in [0.4, 0.5) is 0 Å². The van der Waals surface area contributed by atoms with Gasteiger partial charge in [0, 0.05) is 12.0 Å². The Labute approximate surface area is 127 Å². The minimum absolute atomic E-state index is 0.109. The molecule has 118 valence electrons. The summed E-state index contributed by atoms with van der Waals surface area (Å²) in [5, 5.41) is 22.6. The van der Waals surface area contributed by atoms with Gasteiger partial charge in [-0.3, -0.25) is 4.79 Å². The van der Waals surface area contributed by atoms with Crippen LogP contribution < -0.4 is 5.32 Å². The third-order valence-corrected chi connectivity index (χ3v) is 3.81. The Morgan fingerprint density at radius 2 is 1.95 bits per heavy atom. The summed E-state index contributed by atoms with van der Waals surface area (Å²) in [7, 11) is 0. The fourth-order valence-electron chi connectivity index (χ4n) is 2.35. The summed E-state index contributed by atoms with van der Waals surface area (Å²) in [6.07, 6.45) is -0.247. The fourth-order valence-corrected chi connectivity index (χ4v) is 2.35. The number of carbonyl (C=O) groups excluding carboxylic acids is 1. The van der Waals surface area contributed by atoms with Crippen LogP contribution in [0.25, 0.3) is 0 Å². The Morgan fingerprint density at radius 3 is 2.48 bits per heavy atom. The molecule has 0 aliphatic heterocycles. The van der Waals surface area contributed by atoms with Gasteiger partial charge in [-0.05, 0) is 30.0 Å². The Morgan fingerprint density at radius 1 is 1.33 bits per heavy atom. The normalized spacial score (nSPS) is 13.3. The second-order valence-corrected chi connectivity index (χ2v) is 6.75. The second kappa shape index (κ2) is 6.94. The minimum Gasteiger partial charge on any atom is -0.508 e. The minimum atomic E-state index is -0.471. The van der Waals surface area contributed by atoms with Gasteiger partial charge < -0.3 is 15.5 Å². The molecule has 0 bridgehead atoms. The van der Waals surface area contributed by atoms with Crippen molar-refractivity contribution in [3.8, 4) is 5.75 Å². The van der Waals surface area contributed by atoms with Crippen molar-refractivity contribution in [2.24, 2.45) is 11.3 Å². The summed E-state index contributed by atoms with van der Waals surface area (Å²) in [6, 6.07) is 5.25. The molecule has 0 radical (unpaired) electrons. The lowest BCUT2D eigenvalue weighted by Gasteiger charge is -2.33. The Bertz CT molecular complexity index is 495. The van der Waals surface area contributed by atoms with Gasteiger partial charge in [-0.2, -0.15) is 0 Å². The molecule has 1 aromatic carbocycles. The van der Waals surface area contributed by atoms with Crippen LogP contribution in [-0.4, -0.2) is 28.8 Å². The van der Waals surface area contributed by atoms with Gasteiger partial charge in [0.1, 0.15) is 5.75 Å². The molecule has 1 amide bonds. The Hall–Kier alpha value is -1.55. The number of benzene rings is 1. The highest BCUT2D eigenvalue weighted by Crippen LogP contribution is 2.25. The molecule has 0 aliphatic carbocycles. The van der Waals surface area contributed by atoms with E-state index in [0.717, 1.165) is 11.1 Å². The molecule has 4 nitrogen and oxygen atoms in total. The molecule has 0 heterocycles. The highest BCUT2D eigenvalue weighted by Gasteiger charge is 2.30. The van der Waals surface area contributed by atoms with Gasteiger partial charge in [0.05, 0.1) is 12.5 Å². The number of aliphatic hydroxyl groups excluding tert-OH is 1. The molecular weight excluding hydrogens is 266 g/mol. The summed E-state index contributed by atoms with van der Waals surface area (Å²) >= 11 is 0. The topological polar surface area (TPSA) is 69.6 Å². The van der Waals surface area contributed by atoms with Crippen molar-refractivity contribution < 1.29 is 15.0 Å². The molecule has 0 saturated heterocycles. The number of nitrogens with one attached hydrogen (secondary N) is 1. The first-order valence-electron chi connectivity index (χ1n) is 7.36. The van der Waals surface area contributed by atoms with E-state index in [1.54, 1.807) is 12.1 Å². The van der Waals surface area contributed by atoms with Gasteiger partial charge in [-0.1, -0.05) is 39.8 Å². The van der Waals surface area contributed by atoms with Crippen LogP contribution in [0, 0.1) is 18.3 Å². The largest absolute Gasteiger partial charge is 0.508 e. The van der Waals surface area contributed by atoms with Crippen molar-refractivity contribution in [1.29, 1.82) is 0 Å². The van der Waals surface area contributed by atoms with Gasteiger partial charge >= 0.3 is 0 Å². The quantitative estimate of drug-likeness (QED) is 0.754. The van der Waals surface area contributed by atoms with Crippen LogP contribution in [0.2, 0.25) is 0 Å². The maximum atomic E-state index is 12.0. The van der Waals surface area contributed by atoms with Crippen LogP contribution in [0.1, 0.15) is 38.8 Å². The summed E-state index contributed by atoms with van der Waals surface area (Å²) in [6.45, 7) is 10.0. The number of aryl methyl sites for hydroxylation is 1. The molecule has 0 fully saturated rings. The zero-order valence-electron chi connectivity index (χ0n) is 13.6. The van der Waals surface area contributed by atoms with Crippen LogP contribution in [0.5, 0.6) is 5.75 Å². The maximum Gasteiger partial charge on any atom is 0.224 e. The van der Waals surface area contributed by atoms with E-state index >= 15 is 0 Å². The first-order valence-corrected chi connectivity index (χ1v) is 7.36. The van der Waals surface area contributed by atoms with E-state index in [4.69, 9.17) is 0 Å². The van der Waals surface area contributed by atoms with Gasteiger partial charge in [0.2, 0.25) is 5.91 Å². The van der Waals surface area contributed by atoms with E-state index in [9.17, 15) is 15.0 Å². The SMILES string of the molecule is Cc1ccc(CC(=O)NCC(C)(C)C(O)C(C)C)cc1O. The van der Waals surface area contributed by atoms with Crippen LogP contribution in [-0.2, 0) is 11.2 Å². The smallest absolute Gasteiger partial charge is 0.224 e. The molecule has 21 heavy (non-hydrogen) atoms. The average Bonchev–Trinajstić information content (AvgIpc) is 2.40. The standard InChI is InChI=1S/C17H27NO3/c1-11(2)16(21)17(4,5)10-18-15(20)9-13-7-6-12(3)14(19)8-13/h6-8,11,16,19,21H,9-10H2,1-5H3,(H,18,20). The number of phenols is 1. The van der Waals surface area contributed by atoms with Gasteiger partial charge in [-0.15, -0.1) is 0 Å². The molecular formula is C17H27NO3. The van der Waals surface area contributed by atoms with Gasteiger partial charge in [-0.25, -0.2) is 0 Å². The number of aromatic hydroxyl groups is 1. The summed E-state index contributed by atoms with van der Waals surface area (Å²) in [5.41, 5.74) is 1.19. The molecule has 1 aromatic rings. The highest BCUT2D eigenvalue weighted by molar-refractivity contribution is 5.78. The summed E-state index contributed by atoms with van der Waals surface area (Å²) in [4.78, 5) is 12.0. The molecule has 0 saturated carbocycles. The summed E-state index contributed by atoms with van der Waals surface area (Å²) < 4.78 is 0. The van der Waals surface area contributed by atoms with E-state index in [-0.39, 0.29) is 29.4 Å². The van der Waals surface area contributed by atoms with E-state index in [1.807, 2.05) is 40.7 Å². The number of hydrogen-bond donors (Lipinski definition) is 3. The van der Waals surface area contributed by atoms with E-state index in [2.05, 4.69) is 5.32 Å². The lowest BCUT2D eigenvalue weighted by atomic mass is 9.80. The lowest BCUT2D eigenvalue weighted by Crippen LogP contribution is -2.43. The molecule has 1 rings (SSSR count). The molecule has 1 atom stereocenters. The Balaban J connectivity index is 2.56. The van der Waals surface area contributed by atoms with E-state index in [1.165, 1.54) is 0 Å². The summed E-state index contributed by atoms with van der Waals surface area (Å²) in [5.74, 6) is 0.240. The Kier molecular flexibility index (Phi) is 5.78. The fraction of sp³-hybridized carbons (Fsp3) is 0.588. The van der Waals surface area contributed by atoms with Crippen molar-refractivity contribution in [3.63, 3.8) is 0 Å². The van der Waals surface area contributed by atoms with Crippen LogP contribution in [0.15, 0.2) is 18.2 Å². The molecule has 0 aliphatic rings. The van der Waals surface area contributed by atoms with E-state index < -0.39 is 6.10 Å². The van der Waals surface area contributed by atoms with Gasteiger partial charge in [0.25, 0.3) is 0 Å². The molecule has 0 spiro atoms. The number of rotatable bonds is 6. The third-order valence-electron chi connectivity index (χ3n) is 3.81. The third kappa shape index (κ3) is 5.05. The van der Waals surface area contributed by atoms with Crippen LogP contribution >= 0.6 is 0 Å². The zero-order chi connectivity index (χ0) is 16.2. The maximum absolute atomic E-state index is 12.0. The van der Waals surface area contributed by atoms with Crippen molar-refractivity contribution >= 4 is 5.91 Å². The van der Waals surface area contributed by atoms with Gasteiger partial charge in [0.15, 0.2) is 0 Å². The van der Waals surface area contributed by atoms with E-state index in [0.29, 0.717) is 6.54 Å². The first-order chi connectivity index (χ1) is 9.63. The van der Waals surface area contributed by atoms with Crippen molar-refractivity contribution in [3.05, 3.63) is 29.3 Å². The average molecular weight is 293 g/mol. The predicted octanol–water partition coefficient (Wildman–Crippen LogP) is 2.40. The predicted molar refractivity (Wildman–Crippen MR) is 84.2 cm³/mol. The molecule has 0 aromatic heterocycles. The van der Waals surface area contributed by atoms with Crippen molar-refractivity contribution in [2.75, 3.05) is 6.54 Å². The molecule has 1 unspecified atom stereocenters. The number of hydrogen-bond acceptors (Lipinski definition) is 3. The zero-order valence-corrected chi connectivity index (χ0v) is 13.6. The van der Waals surface area contributed by atoms with Crippen LogP contribution in [0.3, 0.4) is 0 Å². The molecule has 4 heteroatoms. The number of amides is 1.